The third kappa shape index (κ3) is 2.96. The number of nitrogens with zero attached hydrogens (tertiary/aromatic N) is 2. The van der Waals surface area contributed by atoms with Crippen molar-refractivity contribution in [2.75, 3.05) is 5.75 Å². The van der Waals surface area contributed by atoms with Gasteiger partial charge in [0.15, 0.2) is 12.1 Å². The number of rotatable bonds is 4. The fourth-order valence-electron chi connectivity index (χ4n) is 1.65. The molecule has 0 atom stereocenters. The van der Waals surface area contributed by atoms with Gasteiger partial charge in [0, 0.05) is 16.2 Å². The number of aldehydes is 1. The van der Waals surface area contributed by atoms with Gasteiger partial charge in [0.2, 0.25) is 0 Å². The molecule has 18 heavy (non-hydrogen) atoms. The van der Waals surface area contributed by atoms with Crippen LogP contribution in [0.5, 0.6) is 0 Å². The van der Waals surface area contributed by atoms with Gasteiger partial charge < -0.3 is 0 Å². The summed E-state index contributed by atoms with van der Waals surface area (Å²) in [5, 5.41) is 0. The highest BCUT2D eigenvalue weighted by molar-refractivity contribution is 7.99. The molecule has 2 rings (SSSR count). The molecule has 1 aromatic heterocycles. The van der Waals surface area contributed by atoms with Crippen LogP contribution in [-0.4, -0.2) is 22.0 Å². The molecule has 0 aliphatic rings. The fraction of sp³-hybridized carbons (Fsp3) is 0.214. The highest BCUT2D eigenvalue weighted by Crippen LogP contribution is 2.22. The minimum Gasteiger partial charge on any atom is -0.296 e. The second-order valence-electron chi connectivity index (χ2n) is 3.83. The minimum absolute atomic E-state index is 0.421. The lowest BCUT2D eigenvalue weighted by Crippen LogP contribution is -1.96. The van der Waals surface area contributed by atoms with Crippen LogP contribution in [0.25, 0.3) is 11.4 Å². The average Bonchev–Trinajstić information content (AvgIpc) is 2.39. The molecule has 0 radical (unpaired) electrons. The fourth-order valence-corrected chi connectivity index (χ4v) is 2.31. The molecular formula is C14H14N2OS. The van der Waals surface area contributed by atoms with Gasteiger partial charge >= 0.3 is 0 Å². The maximum atomic E-state index is 10.8. The van der Waals surface area contributed by atoms with E-state index in [9.17, 15) is 4.79 Å². The van der Waals surface area contributed by atoms with Crippen LogP contribution in [0.1, 0.15) is 23.1 Å². The molecule has 1 aromatic carbocycles. The number of aryl methyl sites for hydroxylation is 1. The van der Waals surface area contributed by atoms with E-state index in [1.807, 2.05) is 19.1 Å². The summed E-state index contributed by atoms with van der Waals surface area (Å²) >= 11 is 1.79. The molecule has 4 heteroatoms. The monoisotopic (exact) mass is 258 g/mol. The second kappa shape index (κ2) is 5.78. The second-order valence-corrected chi connectivity index (χ2v) is 5.17. The van der Waals surface area contributed by atoms with E-state index in [1.165, 1.54) is 4.90 Å². The minimum atomic E-state index is 0.421. The molecule has 0 aliphatic heterocycles. The number of hydrogen-bond donors (Lipinski definition) is 0. The SMILES string of the molecule is CCSc1ccc(-c2nc(C)cc(C=O)n2)cc1. The van der Waals surface area contributed by atoms with Crippen LogP contribution in [0, 0.1) is 6.92 Å². The molecule has 0 aliphatic carbocycles. The summed E-state index contributed by atoms with van der Waals surface area (Å²) in [6, 6.07) is 9.76. The molecule has 1 heterocycles. The van der Waals surface area contributed by atoms with Crippen LogP contribution < -0.4 is 0 Å². The molecule has 0 N–H and O–H groups in total. The van der Waals surface area contributed by atoms with Gasteiger partial charge in [0.1, 0.15) is 5.69 Å². The van der Waals surface area contributed by atoms with Crippen LogP contribution in [0.2, 0.25) is 0 Å². The normalized spacial score (nSPS) is 10.3. The number of aromatic nitrogens is 2. The highest BCUT2D eigenvalue weighted by atomic mass is 32.2. The highest BCUT2D eigenvalue weighted by Gasteiger charge is 2.04. The topological polar surface area (TPSA) is 42.9 Å². The summed E-state index contributed by atoms with van der Waals surface area (Å²) in [6.45, 7) is 3.98. The summed E-state index contributed by atoms with van der Waals surface area (Å²) in [5.41, 5.74) is 2.15. The van der Waals surface area contributed by atoms with Crippen LogP contribution in [0.3, 0.4) is 0 Å². The number of carbonyl (C=O) groups is 1. The molecule has 0 fully saturated rings. The van der Waals surface area contributed by atoms with Gasteiger partial charge in [0.05, 0.1) is 0 Å². The van der Waals surface area contributed by atoms with E-state index in [0.29, 0.717) is 11.5 Å². The standard InChI is InChI=1S/C14H14N2OS/c1-3-18-13-6-4-11(5-7-13)14-15-10(2)8-12(9-17)16-14/h4-9H,3H2,1-2H3. The molecule has 0 amide bonds. The quantitative estimate of drug-likeness (QED) is 0.623. The Morgan fingerprint density at radius 1 is 1.22 bits per heavy atom. The van der Waals surface area contributed by atoms with Gasteiger partial charge in [-0.05, 0) is 30.9 Å². The van der Waals surface area contributed by atoms with Crippen LogP contribution >= 0.6 is 11.8 Å². The Morgan fingerprint density at radius 2 is 1.94 bits per heavy atom. The summed E-state index contributed by atoms with van der Waals surface area (Å²) in [5.74, 6) is 1.65. The van der Waals surface area contributed by atoms with Gasteiger partial charge in [-0.2, -0.15) is 0 Å². The largest absolute Gasteiger partial charge is 0.296 e. The lowest BCUT2D eigenvalue weighted by atomic mass is 10.2. The zero-order valence-corrected chi connectivity index (χ0v) is 11.2. The molecular weight excluding hydrogens is 244 g/mol. The first-order chi connectivity index (χ1) is 8.72. The van der Waals surface area contributed by atoms with Gasteiger partial charge in [-0.1, -0.05) is 19.1 Å². The lowest BCUT2D eigenvalue weighted by Gasteiger charge is -2.04. The summed E-state index contributed by atoms with van der Waals surface area (Å²) in [4.78, 5) is 20.6. The Hall–Kier alpha value is -1.68. The van der Waals surface area contributed by atoms with Crippen molar-refractivity contribution in [1.82, 2.24) is 9.97 Å². The Balaban J connectivity index is 2.35. The summed E-state index contributed by atoms with van der Waals surface area (Å²) < 4.78 is 0. The zero-order valence-electron chi connectivity index (χ0n) is 10.4. The smallest absolute Gasteiger partial charge is 0.168 e. The predicted molar refractivity (Wildman–Crippen MR) is 74.0 cm³/mol. The van der Waals surface area contributed by atoms with Crippen molar-refractivity contribution in [3.8, 4) is 11.4 Å². The predicted octanol–water partition coefficient (Wildman–Crippen LogP) is 3.38. The molecule has 3 nitrogen and oxygen atoms in total. The number of carbonyl (C=O) groups excluding carboxylic acids is 1. The molecule has 0 bridgehead atoms. The molecule has 0 unspecified atom stereocenters. The van der Waals surface area contributed by atoms with Crippen LogP contribution in [0.4, 0.5) is 0 Å². The summed E-state index contributed by atoms with van der Waals surface area (Å²) in [7, 11) is 0. The van der Waals surface area contributed by atoms with Crippen molar-refractivity contribution in [2.24, 2.45) is 0 Å². The number of hydrogen-bond acceptors (Lipinski definition) is 4. The average molecular weight is 258 g/mol. The van der Waals surface area contributed by atoms with Crippen molar-refractivity contribution < 1.29 is 4.79 Å². The molecule has 2 aromatic rings. The van der Waals surface area contributed by atoms with E-state index in [-0.39, 0.29) is 0 Å². The Labute approximate surface area is 111 Å². The third-order valence-corrected chi connectivity index (χ3v) is 3.31. The van der Waals surface area contributed by atoms with E-state index in [2.05, 4.69) is 29.0 Å². The zero-order chi connectivity index (χ0) is 13.0. The first kappa shape index (κ1) is 12.8. The van der Waals surface area contributed by atoms with Crippen molar-refractivity contribution >= 4 is 18.0 Å². The van der Waals surface area contributed by atoms with Crippen molar-refractivity contribution in [2.45, 2.75) is 18.7 Å². The van der Waals surface area contributed by atoms with E-state index in [1.54, 1.807) is 17.8 Å². The molecule has 92 valence electrons. The lowest BCUT2D eigenvalue weighted by molar-refractivity contribution is 0.111. The van der Waals surface area contributed by atoms with Gasteiger partial charge in [-0.15, -0.1) is 11.8 Å². The van der Waals surface area contributed by atoms with Crippen molar-refractivity contribution in [1.29, 1.82) is 0 Å². The Bertz CT molecular complexity index is 552. The molecule has 0 saturated carbocycles. The molecule has 0 spiro atoms. The van der Waals surface area contributed by atoms with Crippen LogP contribution in [-0.2, 0) is 0 Å². The number of thioether (sulfide) groups is 1. The first-order valence-corrected chi connectivity index (χ1v) is 6.75. The van der Waals surface area contributed by atoms with Gasteiger partial charge in [-0.3, -0.25) is 4.79 Å². The van der Waals surface area contributed by atoms with Gasteiger partial charge in [0.25, 0.3) is 0 Å². The van der Waals surface area contributed by atoms with E-state index in [0.717, 1.165) is 23.3 Å². The summed E-state index contributed by atoms with van der Waals surface area (Å²) in [6.07, 6.45) is 0.749. The third-order valence-electron chi connectivity index (χ3n) is 2.42. The number of benzene rings is 1. The van der Waals surface area contributed by atoms with E-state index in [4.69, 9.17) is 0 Å². The van der Waals surface area contributed by atoms with Crippen molar-refractivity contribution in [3.05, 3.63) is 41.7 Å². The van der Waals surface area contributed by atoms with E-state index >= 15 is 0 Å². The Kier molecular flexibility index (Phi) is 4.10. The van der Waals surface area contributed by atoms with Gasteiger partial charge in [-0.25, -0.2) is 9.97 Å². The Morgan fingerprint density at radius 3 is 2.56 bits per heavy atom. The molecule has 0 saturated heterocycles. The van der Waals surface area contributed by atoms with E-state index < -0.39 is 0 Å². The van der Waals surface area contributed by atoms with Crippen molar-refractivity contribution in [3.63, 3.8) is 0 Å². The maximum absolute atomic E-state index is 10.8. The van der Waals surface area contributed by atoms with Crippen LogP contribution in [0.15, 0.2) is 35.2 Å². The first-order valence-electron chi connectivity index (χ1n) is 5.77. The maximum Gasteiger partial charge on any atom is 0.168 e.